The monoisotopic (exact) mass is 379 g/mol. The van der Waals surface area contributed by atoms with Gasteiger partial charge in [0.25, 0.3) is 5.56 Å². The Morgan fingerprint density at radius 1 is 1.11 bits per heavy atom. The van der Waals surface area contributed by atoms with Gasteiger partial charge in [0.1, 0.15) is 16.4 Å². The quantitative estimate of drug-likeness (QED) is 0.562. The highest BCUT2D eigenvalue weighted by atomic mass is 32.1. The summed E-state index contributed by atoms with van der Waals surface area (Å²) < 4.78 is 7.40. The highest BCUT2D eigenvalue weighted by Gasteiger charge is 2.17. The lowest BCUT2D eigenvalue weighted by Crippen LogP contribution is -2.09. The normalized spacial score (nSPS) is 11.3. The van der Waals surface area contributed by atoms with Crippen molar-refractivity contribution in [2.75, 3.05) is 7.11 Å². The molecule has 6 heteroatoms. The van der Waals surface area contributed by atoms with Gasteiger partial charge in [-0.2, -0.15) is 0 Å². The van der Waals surface area contributed by atoms with Gasteiger partial charge >= 0.3 is 0 Å². The molecule has 4 rings (SSSR count). The largest absolute Gasteiger partial charge is 0.497 e. The summed E-state index contributed by atoms with van der Waals surface area (Å²) in [5, 5.41) is 0.699. The predicted octanol–water partition coefficient (Wildman–Crippen LogP) is 4.68. The summed E-state index contributed by atoms with van der Waals surface area (Å²) in [5.74, 6) is 1.43. The Morgan fingerprint density at radius 2 is 1.81 bits per heavy atom. The van der Waals surface area contributed by atoms with E-state index in [2.05, 4.69) is 22.5 Å². The first kappa shape index (κ1) is 17.5. The first-order valence-electron chi connectivity index (χ1n) is 8.74. The van der Waals surface area contributed by atoms with Gasteiger partial charge in [-0.3, -0.25) is 4.79 Å². The molecule has 5 nitrogen and oxygen atoms in total. The maximum atomic E-state index is 12.6. The Morgan fingerprint density at radius 3 is 2.48 bits per heavy atom. The van der Waals surface area contributed by atoms with Crippen LogP contribution in [0.25, 0.3) is 27.3 Å². The number of thiophene rings is 1. The summed E-state index contributed by atoms with van der Waals surface area (Å²) in [6, 6.07) is 9.99. The molecule has 0 bridgehead atoms. The van der Waals surface area contributed by atoms with E-state index < -0.39 is 0 Å². The van der Waals surface area contributed by atoms with Crippen molar-refractivity contribution in [2.24, 2.45) is 0 Å². The standard InChI is InChI=1S/C21H21N3O2S/c1-11-10-17(13(3)24(11)15-6-8-16(26-5)9-7-15)19-22-20(25)18-12(2)14(4)27-21(18)23-19/h6-10H,1-5H3,(H,22,23,25). The highest BCUT2D eigenvalue weighted by Crippen LogP contribution is 2.31. The van der Waals surface area contributed by atoms with Crippen LogP contribution in [0.4, 0.5) is 0 Å². The fourth-order valence-corrected chi connectivity index (χ4v) is 4.54. The smallest absolute Gasteiger partial charge is 0.260 e. The van der Waals surface area contributed by atoms with Gasteiger partial charge in [0.2, 0.25) is 0 Å². The number of nitrogens with one attached hydrogen (secondary N) is 1. The molecule has 1 N–H and O–H groups in total. The van der Waals surface area contributed by atoms with Crippen LogP contribution in [0.3, 0.4) is 0 Å². The molecule has 0 aliphatic heterocycles. The lowest BCUT2D eigenvalue weighted by atomic mass is 10.2. The van der Waals surface area contributed by atoms with Gasteiger partial charge < -0.3 is 14.3 Å². The maximum Gasteiger partial charge on any atom is 0.260 e. The van der Waals surface area contributed by atoms with Crippen molar-refractivity contribution in [1.82, 2.24) is 14.5 Å². The summed E-state index contributed by atoms with van der Waals surface area (Å²) in [6.45, 7) is 8.09. The van der Waals surface area contributed by atoms with E-state index in [0.29, 0.717) is 11.2 Å². The number of fused-ring (bicyclic) bond motifs is 1. The van der Waals surface area contributed by atoms with Crippen molar-refractivity contribution in [2.45, 2.75) is 27.7 Å². The second-order valence-electron chi connectivity index (χ2n) is 6.70. The molecule has 0 aliphatic rings. The Bertz CT molecular complexity index is 1210. The number of nitrogens with zero attached hydrogens (tertiary/aromatic N) is 2. The number of aryl methyl sites for hydroxylation is 3. The van der Waals surface area contributed by atoms with Crippen molar-refractivity contribution in [3.8, 4) is 22.8 Å². The first-order chi connectivity index (χ1) is 12.9. The van der Waals surface area contributed by atoms with E-state index in [1.165, 1.54) is 0 Å². The van der Waals surface area contributed by atoms with E-state index in [4.69, 9.17) is 9.72 Å². The van der Waals surface area contributed by atoms with Crippen LogP contribution >= 0.6 is 11.3 Å². The molecule has 0 saturated heterocycles. The lowest BCUT2D eigenvalue weighted by molar-refractivity contribution is 0.414. The van der Waals surface area contributed by atoms with Crippen molar-refractivity contribution in [3.05, 3.63) is 62.5 Å². The molecule has 138 valence electrons. The molecule has 0 spiro atoms. The summed E-state index contributed by atoms with van der Waals surface area (Å²) >= 11 is 1.57. The van der Waals surface area contributed by atoms with Gasteiger partial charge in [0, 0.05) is 27.5 Å². The molecule has 0 fully saturated rings. The third kappa shape index (κ3) is 2.77. The Kier molecular flexibility index (Phi) is 4.15. The molecule has 0 amide bonds. The van der Waals surface area contributed by atoms with Crippen molar-refractivity contribution in [3.63, 3.8) is 0 Å². The van der Waals surface area contributed by atoms with Gasteiger partial charge in [-0.1, -0.05) is 0 Å². The number of H-pyrrole nitrogens is 1. The van der Waals surface area contributed by atoms with E-state index in [0.717, 1.165) is 43.7 Å². The molecule has 0 radical (unpaired) electrons. The first-order valence-corrected chi connectivity index (χ1v) is 9.56. The van der Waals surface area contributed by atoms with E-state index in [-0.39, 0.29) is 5.56 Å². The molecule has 1 aromatic carbocycles. The van der Waals surface area contributed by atoms with Crippen LogP contribution < -0.4 is 10.3 Å². The van der Waals surface area contributed by atoms with Crippen molar-refractivity contribution < 1.29 is 4.74 Å². The lowest BCUT2D eigenvalue weighted by Gasteiger charge is -2.10. The number of ether oxygens (including phenoxy) is 1. The molecule has 0 unspecified atom stereocenters. The average molecular weight is 379 g/mol. The van der Waals surface area contributed by atoms with E-state index in [9.17, 15) is 4.79 Å². The molecule has 0 saturated carbocycles. The fraction of sp³-hybridized carbons (Fsp3) is 0.238. The third-order valence-electron chi connectivity index (χ3n) is 5.06. The summed E-state index contributed by atoms with van der Waals surface area (Å²) in [5.41, 5.74) is 5.03. The Hall–Kier alpha value is -2.86. The summed E-state index contributed by atoms with van der Waals surface area (Å²) in [4.78, 5) is 22.3. The van der Waals surface area contributed by atoms with Crippen LogP contribution in [0.15, 0.2) is 35.1 Å². The zero-order valence-corrected chi connectivity index (χ0v) is 16.8. The predicted molar refractivity (Wildman–Crippen MR) is 111 cm³/mol. The van der Waals surface area contributed by atoms with E-state index >= 15 is 0 Å². The zero-order valence-electron chi connectivity index (χ0n) is 16.0. The molecular formula is C21H21N3O2S. The molecule has 4 aromatic rings. The topological polar surface area (TPSA) is 59.9 Å². The van der Waals surface area contributed by atoms with Gasteiger partial charge in [0.05, 0.1) is 12.5 Å². The zero-order chi connectivity index (χ0) is 19.3. The van der Waals surface area contributed by atoms with E-state index in [1.807, 2.05) is 45.0 Å². The highest BCUT2D eigenvalue weighted by molar-refractivity contribution is 7.18. The molecule has 0 atom stereocenters. The van der Waals surface area contributed by atoms with E-state index in [1.54, 1.807) is 18.4 Å². The van der Waals surface area contributed by atoms with Gasteiger partial charge in [-0.05, 0) is 63.6 Å². The van der Waals surface area contributed by atoms with Crippen LogP contribution in [0.2, 0.25) is 0 Å². The SMILES string of the molecule is COc1ccc(-n2c(C)cc(-c3nc4sc(C)c(C)c4c(=O)[nH]3)c2C)cc1. The Labute approximate surface area is 161 Å². The third-order valence-corrected chi connectivity index (χ3v) is 6.16. The minimum atomic E-state index is -0.0777. The number of benzene rings is 1. The number of aromatic amines is 1. The van der Waals surface area contributed by atoms with Crippen LogP contribution in [0.1, 0.15) is 21.8 Å². The second-order valence-corrected chi connectivity index (χ2v) is 7.90. The fourth-order valence-electron chi connectivity index (χ4n) is 3.51. The maximum absolute atomic E-state index is 12.6. The number of rotatable bonds is 3. The average Bonchev–Trinajstić information content (AvgIpc) is 3.11. The molecular weight excluding hydrogens is 358 g/mol. The molecule has 3 heterocycles. The molecule has 3 aromatic heterocycles. The van der Waals surface area contributed by atoms with Crippen molar-refractivity contribution in [1.29, 1.82) is 0 Å². The summed E-state index contributed by atoms with van der Waals surface area (Å²) in [6.07, 6.45) is 0. The number of aromatic nitrogens is 3. The minimum Gasteiger partial charge on any atom is -0.497 e. The van der Waals surface area contributed by atoms with Crippen molar-refractivity contribution >= 4 is 21.6 Å². The number of hydrogen-bond donors (Lipinski definition) is 1. The van der Waals surface area contributed by atoms with Crippen LogP contribution in [0.5, 0.6) is 5.75 Å². The molecule has 0 aliphatic carbocycles. The van der Waals surface area contributed by atoms with Gasteiger partial charge in [-0.25, -0.2) is 4.98 Å². The van der Waals surface area contributed by atoms with Crippen LogP contribution in [0, 0.1) is 27.7 Å². The van der Waals surface area contributed by atoms with Gasteiger partial charge in [-0.15, -0.1) is 11.3 Å². The number of hydrogen-bond acceptors (Lipinski definition) is 4. The van der Waals surface area contributed by atoms with Gasteiger partial charge in [0.15, 0.2) is 0 Å². The second kappa shape index (κ2) is 6.39. The Balaban J connectivity index is 1.88. The van der Waals surface area contributed by atoms with Crippen LogP contribution in [-0.4, -0.2) is 21.6 Å². The number of methoxy groups -OCH3 is 1. The molecule has 27 heavy (non-hydrogen) atoms. The minimum absolute atomic E-state index is 0.0777. The summed E-state index contributed by atoms with van der Waals surface area (Å²) in [7, 11) is 1.66. The van der Waals surface area contributed by atoms with Crippen LogP contribution in [-0.2, 0) is 0 Å².